The number of anilines is 2. The summed E-state index contributed by atoms with van der Waals surface area (Å²) in [6, 6.07) is 5.80. The summed E-state index contributed by atoms with van der Waals surface area (Å²) in [5, 5.41) is 0. The van der Waals surface area contributed by atoms with Gasteiger partial charge in [0.25, 0.3) is 0 Å². The Hall–Kier alpha value is -1.42. The monoisotopic (exact) mass is 237 g/mol. The van der Waals surface area contributed by atoms with Gasteiger partial charge in [0, 0.05) is 19.7 Å². The molecule has 0 spiro atoms. The van der Waals surface area contributed by atoms with Gasteiger partial charge in [0.2, 0.25) is 0 Å². The number of methoxy groups -OCH3 is 1. The van der Waals surface area contributed by atoms with E-state index in [2.05, 4.69) is 30.9 Å². The first-order valence-corrected chi connectivity index (χ1v) is 5.84. The number of hydrogen-bond acceptors (Lipinski definition) is 4. The van der Waals surface area contributed by atoms with Gasteiger partial charge in [0.15, 0.2) is 0 Å². The third-order valence-corrected chi connectivity index (χ3v) is 2.74. The lowest BCUT2D eigenvalue weighted by Crippen LogP contribution is -2.23. The van der Waals surface area contributed by atoms with Crippen LogP contribution in [0.1, 0.15) is 6.42 Å². The normalized spacial score (nSPS) is 10.6. The highest BCUT2D eigenvalue weighted by atomic mass is 16.5. The van der Waals surface area contributed by atoms with Crippen molar-refractivity contribution in [1.29, 1.82) is 0 Å². The molecule has 4 heteroatoms. The van der Waals surface area contributed by atoms with Crippen LogP contribution in [0.15, 0.2) is 18.2 Å². The minimum Gasteiger partial charge on any atom is -0.497 e. The smallest absolute Gasteiger partial charge is 0.121 e. The van der Waals surface area contributed by atoms with Crippen molar-refractivity contribution >= 4 is 11.4 Å². The molecule has 1 aromatic rings. The summed E-state index contributed by atoms with van der Waals surface area (Å²) < 4.78 is 5.14. The van der Waals surface area contributed by atoms with Gasteiger partial charge in [-0.3, -0.25) is 0 Å². The molecule has 0 bridgehead atoms. The zero-order valence-corrected chi connectivity index (χ0v) is 11.2. The van der Waals surface area contributed by atoms with E-state index >= 15 is 0 Å². The Kier molecular flexibility index (Phi) is 5.10. The summed E-state index contributed by atoms with van der Waals surface area (Å²) >= 11 is 0. The van der Waals surface area contributed by atoms with Gasteiger partial charge in [-0.15, -0.1) is 0 Å². The number of nitrogens with zero attached hydrogens (tertiary/aromatic N) is 2. The number of rotatable bonds is 6. The molecule has 0 aliphatic heterocycles. The minimum absolute atomic E-state index is 0.761. The van der Waals surface area contributed by atoms with Crippen LogP contribution in [0.5, 0.6) is 5.75 Å². The van der Waals surface area contributed by atoms with Crippen molar-refractivity contribution in [3.63, 3.8) is 0 Å². The highest BCUT2D eigenvalue weighted by Gasteiger charge is 2.06. The summed E-state index contributed by atoms with van der Waals surface area (Å²) in [5.41, 5.74) is 7.82. The predicted molar refractivity (Wildman–Crippen MR) is 73.8 cm³/mol. The fourth-order valence-corrected chi connectivity index (χ4v) is 1.75. The molecule has 17 heavy (non-hydrogen) atoms. The molecule has 96 valence electrons. The highest BCUT2D eigenvalue weighted by Crippen LogP contribution is 2.26. The molecule has 0 heterocycles. The molecule has 1 rings (SSSR count). The first-order valence-electron chi connectivity index (χ1n) is 5.84. The number of nitrogen functional groups attached to an aromatic ring is 1. The van der Waals surface area contributed by atoms with Crippen molar-refractivity contribution in [3.8, 4) is 5.75 Å². The van der Waals surface area contributed by atoms with E-state index in [0.29, 0.717) is 0 Å². The lowest BCUT2D eigenvalue weighted by Gasteiger charge is -2.22. The van der Waals surface area contributed by atoms with Gasteiger partial charge in [-0.05, 0) is 39.2 Å². The molecule has 0 aliphatic carbocycles. The van der Waals surface area contributed by atoms with Crippen LogP contribution in [0.4, 0.5) is 11.4 Å². The zero-order valence-electron chi connectivity index (χ0n) is 11.2. The summed E-state index contributed by atoms with van der Waals surface area (Å²) in [7, 11) is 7.88. The Morgan fingerprint density at radius 3 is 2.41 bits per heavy atom. The Bertz CT molecular complexity index is 353. The van der Waals surface area contributed by atoms with Gasteiger partial charge >= 0.3 is 0 Å². The molecule has 0 aliphatic rings. The van der Waals surface area contributed by atoms with Crippen LogP contribution in [0, 0.1) is 0 Å². The summed E-state index contributed by atoms with van der Waals surface area (Å²) in [6.07, 6.45) is 1.12. The van der Waals surface area contributed by atoms with E-state index in [1.807, 2.05) is 18.2 Å². The molecular formula is C13H23N3O. The van der Waals surface area contributed by atoms with Crippen LogP contribution in [-0.4, -0.2) is 46.2 Å². The maximum atomic E-state index is 6.00. The van der Waals surface area contributed by atoms with Crippen LogP contribution < -0.4 is 15.4 Å². The number of ether oxygens (including phenoxy) is 1. The third-order valence-electron chi connectivity index (χ3n) is 2.74. The van der Waals surface area contributed by atoms with E-state index < -0.39 is 0 Å². The molecule has 0 saturated carbocycles. The van der Waals surface area contributed by atoms with Crippen molar-refractivity contribution in [2.24, 2.45) is 0 Å². The lowest BCUT2D eigenvalue weighted by atomic mass is 10.2. The minimum atomic E-state index is 0.761. The molecule has 2 N–H and O–H groups in total. The van der Waals surface area contributed by atoms with Gasteiger partial charge in [0.05, 0.1) is 18.5 Å². The quantitative estimate of drug-likeness (QED) is 0.764. The SMILES string of the molecule is COc1ccc(N(C)CCCN(C)C)c(N)c1. The number of nitrogens with two attached hydrogens (primary N) is 1. The average molecular weight is 237 g/mol. The topological polar surface area (TPSA) is 41.7 Å². The first-order chi connectivity index (χ1) is 8.04. The Labute approximate surface area is 104 Å². The molecule has 0 radical (unpaired) electrons. The van der Waals surface area contributed by atoms with Crippen molar-refractivity contribution in [1.82, 2.24) is 4.90 Å². The van der Waals surface area contributed by atoms with Crippen LogP contribution in [-0.2, 0) is 0 Å². The Morgan fingerprint density at radius 1 is 1.18 bits per heavy atom. The fraction of sp³-hybridized carbons (Fsp3) is 0.538. The van der Waals surface area contributed by atoms with E-state index in [0.717, 1.165) is 36.6 Å². The third kappa shape index (κ3) is 4.15. The van der Waals surface area contributed by atoms with Gasteiger partial charge in [-0.2, -0.15) is 0 Å². The van der Waals surface area contributed by atoms with E-state index in [-0.39, 0.29) is 0 Å². The van der Waals surface area contributed by atoms with Crippen LogP contribution in [0.3, 0.4) is 0 Å². The van der Waals surface area contributed by atoms with E-state index in [1.165, 1.54) is 0 Å². The summed E-state index contributed by atoms with van der Waals surface area (Å²) in [4.78, 5) is 4.36. The average Bonchev–Trinajstić information content (AvgIpc) is 2.28. The number of hydrogen-bond donors (Lipinski definition) is 1. The highest BCUT2D eigenvalue weighted by molar-refractivity contribution is 5.69. The van der Waals surface area contributed by atoms with E-state index in [9.17, 15) is 0 Å². The summed E-state index contributed by atoms with van der Waals surface area (Å²) in [5.74, 6) is 0.799. The second-order valence-corrected chi connectivity index (χ2v) is 4.50. The summed E-state index contributed by atoms with van der Waals surface area (Å²) in [6.45, 7) is 2.08. The van der Waals surface area contributed by atoms with Gasteiger partial charge in [-0.25, -0.2) is 0 Å². The molecule has 1 aromatic carbocycles. The van der Waals surface area contributed by atoms with E-state index in [4.69, 9.17) is 10.5 Å². The van der Waals surface area contributed by atoms with Crippen LogP contribution >= 0.6 is 0 Å². The molecule has 4 nitrogen and oxygen atoms in total. The van der Waals surface area contributed by atoms with Crippen LogP contribution in [0.25, 0.3) is 0 Å². The maximum absolute atomic E-state index is 6.00. The second-order valence-electron chi connectivity index (χ2n) is 4.50. The molecule has 0 atom stereocenters. The largest absolute Gasteiger partial charge is 0.497 e. The van der Waals surface area contributed by atoms with Gasteiger partial charge in [0.1, 0.15) is 5.75 Å². The van der Waals surface area contributed by atoms with Crippen molar-refractivity contribution in [2.45, 2.75) is 6.42 Å². The zero-order chi connectivity index (χ0) is 12.8. The second kappa shape index (κ2) is 6.35. The predicted octanol–water partition coefficient (Wildman–Crippen LogP) is 1.67. The molecule has 0 amide bonds. The molecule has 0 unspecified atom stereocenters. The number of benzene rings is 1. The molecule has 0 aromatic heterocycles. The fourth-order valence-electron chi connectivity index (χ4n) is 1.75. The van der Waals surface area contributed by atoms with Gasteiger partial charge < -0.3 is 20.3 Å². The van der Waals surface area contributed by atoms with Crippen LogP contribution in [0.2, 0.25) is 0 Å². The van der Waals surface area contributed by atoms with Crippen molar-refractivity contribution < 1.29 is 4.74 Å². The first kappa shape index (κ1) is 13.6. The van der Waals surface area contributed by atoms with Crippen molar-refractivity contribution in [3.05, 3.63) is 18.2 Å². The lowest BCUT2D eigenvalue weighted by molar-refractivity contribution is 0.401. The van der Waals surface area contributed by atoms with E-state index in [1.54, 1.807) is 7.11 Å². The standard InChI is InChI=1S/C13H23N3O/c1-15(2)8-5-9-16(3)13-7-6-11(17-4)10-12(13)14/h6-7,10H,5,8-9,14H2,1-4H3. The Balaban J connectivity index is 2.59. The Morgan fingerprint density at radius 2 is 1.88 bits per heavy atom. The maximum Gasteiger partial charge on any atom is 0.121 e. The molecular weight excluding hydrogens is 214 g/mol. The van der Waals surface area contributed by atoms with Crippen molar-refractivity contribution in [2.75, 3.05) is 52.0 Å². The molecule has 0 saturated heterocycles. The van der Waals surface area contributed by atoms with Gasteiger partial charge in [-0.1, -0.05) is 0 Å². The molecule has 0 fully saturated rings.